The summed E-state index contributed by atoms with van der Waals surface area (Å²) in [6.45, 7) is 0. The van der Waals surface area contributed by atoms with E-state index in [-0.39, 0.29) is 5.56 Å². The Kier molecular flexibility index (Phi) is 6.19. The van der Waals surface area contributed by atoms with Crippen LogP contribution in [0, 0.1) is 0 Å². The highest BCUT2D eigenvalue weighted by atomic mass is 16.3. The van der Waals surface area contributed by atoms with Crippen LogP contribution in [0.25, 0.3) is 64.6 Å². The topological polar surface area (TPSA) is 190 Å². The number of aromatic hydroxyl groups is 6. The van der Waals surface area contributed by atoms with Gasteiger partial charge in [-0.3, -0.25) is 19.2 Å². The Morgan fingerprint density at radius 3 is 1.67 bits per heavy atom. The van der Waals surface area contributed by atoms with Gasteiger partial charge in [0.1, 0.15) is 0 Å². The van der Waals surface area contributed by atoms with Crippen LogP contribution in [-0.4, -0.2) is 42.2 Å². The minimum atomic E-state index is -1.18. The Hall–Kier alpha value is -7.46. The van der Waals surface area contributed by atoms with E-state index < -0.39 is 73.6 Å². The molecule has 0 radical (unpaired) electrons. The summed E-state index contributed by atoms with van der Waals surface area (Å²) in [5.74, 6) is -8.10. The maximum absolute atomic E-state index is 12.9. The van der Waals surface area contributed by atoms with Crippen molar-refractivity contribution in [3.63, 3.8) is 0 Å². The number of phenolic OH excluding ortho intramolecular Hbond substituents is 6. The number of ketones is 2. The van der Waals surface area contributed by atoms with E-state index in [9.17, 15) is 49.8 Å². The van der Waals surface area contributed by atoms with Gasteiger partial charge in [0, 0.05) is 10.9 Å². The van der Waals surface area contributed by atoms with E-state index in [1.54, 1.807) is 0 Å². The van der Waals surface area contributed by atoms with Crippen molar-refractivity contribution in [2.24, 2.45) is 0 Å². The highest BCUT2D eigenvalue weighted by Crippen LogP contribution is 2.52. The molecule has 1 aliphatic carbocycles. The zero-order valence-electron chi connectivity index (χ0n) is 26.6. The van der Waals surface area contributed by atoms with Crippen molar-refractivity contribution >= 4 is 76.2 Å². The van der Waals surface area contributed by atoms with Gasteiger partial charge in [0.25, 0.3) is 0 Å². The van der Waals surface area contributed by atoms with Crippen molar-refractivity contribution < 1.29 is 40.2 Å². The van der Waals surface area contributed by atoms with E-state index in [0.29, 0.717) is 5.39 Å². The SMILES string of the molecule is O=C1c2ccc(O)c(O)c2C(=O)c2c(O)c(O)c(O)c(O)c21.O=c1ccc2c(cc3c4ccccc4cc4c5cccc6cccc(c65)c2c34)c1=O. The summed E-state index contributed by atoms with van der Waals surface area (Å²) in [6.07, 6.45) is 0. The molecule has 0 amide bonds. The highest BCUT2D eigenvalue weighted by molar-refractivity contribution is 6.41. The summed E-state index contributed by atoms with van der Waals surface area (Å²) in [7, 11) is 0. The fraction of sp³-hybridized carbons (Fsp3) is 0. The molecule has 6 N–H and O–H groups in total. The second-order valence-corrected chi connectivity index (χ2v) is 12.7. The molecule has 0 atom stereocenters. The van der Waals surface area contributed by atoms with Gasteiger partial charge in [0.2, 0.25) is 28.1 Å². The minimum Gasteiger partial charge on any atom is -0.504 e. The highest BCUT2D eigenvalue weighted by Gasteiger charge is 2.40. The number of hydrogen-bond acceptors (Lipinski definition) is 10. The first kappa shape index (κ1) is 30.6. The fourth-order valence-corrected chi connectivity index (χ4v) is 7.68. The van der Waals surface area contributed by atoms with E-state index in [1.165, 1.54) is 27.6 Å². The molecule has 10 heteroatoms. The number of carbonyl (C=O) groups is 2. The molecule has 1 aliphatic rings. The zero-order chi connectivity index (χ0) is 36.3. The molecule has 0 fully saturated rings. The molecule has 9 aromatic carbocycles. The molecule has 0 spiro atoms. The summed E-state index contributed by atoms with van der Waals surface area (Å²) in [4.78, 5) is 49.8. The third kappa shape index (κ3) is 3.88. The van der Waals surface area contributed by atoms with Crippen LogP contribution in [0.4, 0.5) is 0 Å². The lowest BCUT2D eigenvalue weighted by atomic mass is 9.82. The van der Waals surface area contributed by atoms with Gasteiger partial charge >= 0.3 is 0 Å². The van der Waals surface area contributed by atoms with Crippen molar-refractivity contribution in [1.29, 1.82) is 0 Å². The lowest BCUT2D eigenvalue weighted by Gasteiger charge is -2.21. The van der Waals surface area contributed by atoms with Gasteiger partial charge in [-0.1, -0.05) is 60.7 Å². The molecule has 52 heavy (non-hydrogen) atoms. The molecule has 0 unspecified atom stereocenters. The molecule has 0 bridgehead atoms. The molecular weight excluding hydrogens is 664 g/mol. The Morgan fingerprint density at radius 1 is 0.365 bits per heavy atom. The molecule has 0 saturated carbocycles. The smallest absolute Gasteiger partial charge is 0.233 e. The average Bonchev–Trinajstić information content (AvgIpc) is 3.15. The van der Waals surface area contributed by atoms with Crippen molar-refractivity contribution in [3.8, 4) is 34.5 Å². The number of hydrogen-bond donors (Lipinski definition) is 6. The Morgan fingerprint density at radius 2 is 0.942 bits per heavy atom. The van der Waals surface area contributed by atoms with Crippen LogP contribution in [0.3, 0.4) is 0 Å². The number of rotatable bonds is 0. The molecule has 0 aliphatic heterocycles. The van der Waals surface area contributed by atoms with Crippen LogP contribution in [0.5, 0.6) is 34.5 Å². The van der Waals surface area contributed by atoms with Gasteiger partial charge in [0.05, 0.1) is 16.7 Å². The summed E-state index contributed by atoms with van der Waals surface area (Å²) < 4.78 is 0. The molecule has 0 heterocycles. The van der Waals surface area contributed by atoms with Crippen molar-refractivity contribution in [2.75, 3.05) is 0 Å². The van der Waals surface area contributed by atoms with E-state index >= 15 is 0 Å². The number of phenols is 6. The minimum absolute atomic E-state index is 0.326. The first-order valence-corrected chi connectivity index (χ1v) is 15.9. The maximum Gasteiger partial charge on any atom is 0.233 e. The van der Waals surface area contributed by atoms with Gasteiger partial charge in [-0.2, -0.15) is 0 Å². The standard InChI is InChI=1S/C28H14O2.C14H8O8/c29-24-12-11-19-23(28(24)30)14-22-17-8-2-1-5-16(17)13-21-18-9-3-6-15-7-4-10-20(25(15)18)26(19)27(21)22;15-4-2-1-3-5(9(4)17)10(18)7-6(8(3)16)11(19)13(21)14(22)12(7)20/h1-14H;1-2,15,17,19-22H. The van der Waals surface area contributed by atoms with Gasteiger partial charge in [-0.05, 0) is 95.6 Å². The quantitative estimate of drug-likeness (QED) is 0.0322. The van der Waals surface area contributed by atoms with Crippen LogP contribution in [0.15, 0.2) is 107 Å². The van der Waals surface area contributed by atoms with Crippen molar-refractivity contribution in [2.45, 2.75) is 0 Å². The van der Waals surface area contributed by atoms with Gasteiger partial charge in [-0.15, -0.1) is 0 Å². The van der Waals surface area contributed by atoms with Crippen LogP contribution >= 0.6 is 0 Å². The Labute approximate surface area is 290 Å². The van der Waals surface area contributed by atoms with E-state index in [1.807, 2.05) is 24.3 Å². The van der Waals surface area contributed by atoms with Gasteiger partial charge in [-0.25, -0.2) is 0 Å². The monoisotopic (exact) mass is 686 g/mol. The lowest BCUT2D eigenvalue weighted by molar-refractivity contribution is 0.0970. The zero-order valence-corrected chi connectivity index (χ0v) is 26.6. The lowest BCUT2D eigenvalue weighted by Crippen LogP contribution is -2.22. The summed E-state index contributed by atoms with van der Waals surface area (Å²) in [5, 5.41) is 70.5. The van der Waals surface area contributed by atoms with Gasteiger partial charge < -0.3 is 30.6 Å². The molecule has 10 nitrogen and oxygen atoms in total. The first-order valence-electron chi connectivity index (χ1n) is 15.9. The summed E-state index contributed by atoms with van der Waals surface area (Å²) in [6, 6.07) is 30.5. The van der Waals surface area contributed by atoms with Crippen LogP contribution in [0.2, 0.25) is 0 Å². The van der Waals surface area contributed by atoms with E-state index in [0.717, 1.165) is 49.8 Å². The first-order chi connectivity index (χ1) is 25.0. The Bertz CT molecular complexity index is 3220. The molecule has 0 saturated heterocycles. The largest absolute Gasteiger partial charge is 0.504 e. The number of carbonyl (C=O) groups excluding carboxylic acids is 2. The second-order valence-electron chi connectivity index (χ2n) is 12.7. The predicted octanol–water partition coefficient (Wildman–Crippen LogP) is 6.90. The Balaban J connectivity index is 0.000000146. The van der Waals surface area contributed by atoms with Crippen LogP contribution < -0.4 is 10.9 Å². The van der Waals surface area contributed by atoms with Crippen molar-refractivity contribution in [1.82, 2.24) is 0 Å². The maximum atomic E-state index is 12.9. The predicted molar refractivity (Wildman–Crippen MR) is 196 cm³/mol. The van der Waals surface area contributed by atoms with Crippen LogP contribution in [-0.2, 0) is 0 Å². The van der Waals surface area contributed by atoms with E-state index in [2.05, 4.69) is 54.6 Å². The molecule has 250 valence electrons. The summed E-state index contributed by atoms with van der Waals surface area (Å²) >= 11 is 0. The average molecular weight is 687 g/mol. The molecule has 10 rings (SSSR count). The van der Waals surface area contributed by atoms with E-state index in [4.69, 9.17) is 0 Å². The molecule has 0 aromatic heterocycles. The van der Waals surface area contributed by atoms with Crippen LogP contribution in [0.1, 0.15) is 31.8 Å². The normalized spacial score (nSPS) is 12.5. The second kappa shape index (κ2) is 10.5. The third-order valence-corrected chi connectivity index (χ3v) is 10.0. The molecular formula is C42H22O10. The third-order valence-electron chi connectivity index (χ3n) is 10.0. The van der Waals surface area contributed by atoms with Gasteiger partial charge in [0.15, 0.2) is 28.8 Å². The van der Waals surface area contributed by atoms with Crippen molar-refractivity contribution in [3.05, 3.63) is 140 Å². The number of benzene rings is 9. The summed E-state index contributed by atoms with van der Waals surface area (Å²) in [5.41, 5.74) is -3.25. The number of fused-ring (bicyclic) bond motifs is 8. The molecule has 9 aromatic rings. The fourth-order valence-electron chi connectivity index (χ4n) is 7.68.